The first-order valence-corrected chi connectivity index (χ1v) is 7.86. The van der Waals surface area contributed by atoms with Gasteiger partial charge in [-0.1, -0.05) is 0 Å². The fraction of sp³-hybridized carbons (Fsp3) is 0.875. The Morgan fingerprint density at radius 1 is 1.06 bits per heavy atom. The summed E-state index contributed by atoms with van der Waals surface area (Å²) in [6.07, 6.45) is 3.75. The molecule has 0 N–H and O–H groups in total. The van der Waals surface area contributed by atoms with Gasteiger partial charge < -0.3 is 4.74 Å². The van der Waals surface area contributed by atoms with E-state index in [4.69, 9.17) is 4.74 Å². The van der Waals surface area contributed by atoms with E-state index in [1.165, 1.54) is 0 Å². The summed E-state index contributed by atoms with van der Waals surface area (Å²) in [4.78, 5) is 10.8. The van der Waals surface area contributed by atoms with Gasteiger partial charge >= 0.3 is 39.0 Å². The monoisotopic (exact) mass is 322 g/mol. The summed E-state index contributed by atoms with van der Waals surface area (Å²) in [5.41, 5.74) is 0. The molecule has 0 bridgehead atoms. The van der Waals surface area contributed by atoms with Crippen molar-refractivity contribution < 1.29 is 34.7 Å². The van der Waals surface area contributed by atoms with E-state index in [9.17, 15) is 30.0 Å². The normalized spacial score (nSPS) is 14.9. The Bertz CT molecular complexity index is 240. The van der Waals surface area contributed by atoms with E-state index in [2.05, 4.69) is 12.6 Å². The fourth-order valence-corrected chi connectivity index (χ4v) is 1.05. The summed E-state index contributed by atoms with van der Waals surface area (Å²) in [5.74, 6) is 0.949. The first kappa shape index (κ1) is 20.2. The second-order valence-corrected chi connectivity index (χ2v) is 5.74. The Kier molecular flexibility index (Phi) is 7.66. The zero-order valence-corrected chi connectivity index (χ0v) is 11.7. The van der Waals surface area contributed by atoms with Gasteiger partial charge in [0.2, 0.25) is 0 Å². The molecule has 0 amide bonds. The number of ether oxygens (including phenoxy) is 1. The number of hydrogen-bond donors (Lipinski definition) is 0. The molecular weight excluding hydrogens is 305 g/mol. The van der Waals surface area contributed by atoms with Gasteiger partial charge in [-0.15, -0.1) is 0 Å². The molecule has 2 nitrogen and oxygen atoms in total. The Morgan fingerprint density at radius 2 is 1.50 bits per heavy atom. The number of esters is 1. The van der Waals surface area contributed by atoms with Crippen LogP contribution < -0.4 is 0 Å². The molecule has 0 aromatic heterocycles. The first-order valence-electron chi connectivity index (χ1n) is 5.13. The van der Waals surface area contributed by atoms with Crippen molar-refractivity contribution in [2.24, 2.45) is 0 Å². The number of rotatable bonds is 6. The van der Waals surface area contributed by atoms with E-state index in [-0.39, 0.29) is 5.97 Å². The van der Waals surface area contributed by atoms with E-state index in [1.807, 2.05) is 6.92 Å². The predicted octanol–water partition coefficient (Wildman–Crippen LogP) is 4.50. The van der Waals surface area contributed by atoms with Crippen LogP contribution in [0.2, 0.25) is 0 Å². The van der Waals surface area contributed by atoms with Gasteiger partial charge in [0.05, 0.1) is 6.61 Å². The summed E-state index contributed by atoms with van der Waals surface area (Å²) in [5, 5.41) is 0. The molecule has 0 rings (SSSR count). The molecule has 0 aliphatic heterocycles. The molecule has 0 spiro atoms. The topological polar surface area (TPSA) is 26.3 Å². The minimum absolute atomic E-state index is 0.0681. The number of carbonyl (C=O) groups excluding carboxylic acids is 1. The molecule has 0 atom stereocenters. The summed E-state index contributed by atoms with van der Waals surface area (Å²) < 4.78 is 64.0. The van der Waals surface area contributed by atoms with Crippen molar-refractivity contribution in [3.05, 3.63) is 0 Å². The Hall–Kier alpha value is -0.170. The zero-order valence-electron chi connectivity index (χ0n) is 9.77. The van der Waals surface area contributed by atoms with Crippen molar-refractivity contribution >= 4 is 26.4 Å². The summed E-state index contributed by atoms with van der Waals surface area (Å²) in [7, 11) is -10.7. The minimum atomic E-state index is -10.7. The molecule has 0 saturated carbocycles. The maximum atomic E-state index is 10.8. The molecule has 0 unspecified atom stereocenters. The molecule has 10 heteroatoms. The first-order chi connectivity index (χ1) is 7.76. The number of unbranched alkanes of at least 4 members (excludes halogenated alkanes) is 2. The van der Waals surface area contributed by atoms with Crippen LogP contribution in [0.25, 0.3) is 0 Å². The SMILES string of the molecule is CCOC(=O)CCCCC[SH2+].F[P-](F)(F)(F)(F)F. The second kappa shape index (κ2) is 6.84. The van der Waals surface area contributed by atoms with Crippen molar-refractivity contribution in [3.63, 3.8) is 0 Å². The third kappa shape index (κ3) is 44.7. The fourth-order valence-electron chi connectivity index (χ4n) is 0.804. The summed E-state index contributed by atoms with van der Waals surface area (Å²) >= 11 is 3.37. The molecule has 114 valence electrons. The van der Waals surface area contributed by atoms with E-state index in [1.54, 1.807) is 0 Å². The van der Waals surface area contributed by atoms with Crippen molar-refractivity contribution in [2.75, 3.05) is 12.4 Å². The van der Waals surface area contributed by atoms with Crippen LogP contribution >= 0.6 is 7.81 Å². The maximum absolute atomic E-state index is 10.8. The molecule has 0 saturated heterocycles. The molecule has 0 aliphatic rings. The van der Waals surface area contributed by atoms with Crippen LogP contribution in [-0.2, 0) is 22.2 Å². The van der Waals surface area contributed by atoms with E-state index >= 15 is 0 Å². The van der Waals surface area contributed by atoms with Crippen molar-refractivity contribution in [1.29, 1.82) is 0 Å². The Morgan fingerprint density at radius 3 is 1.83 bits per heavy atom. The van der Waals surface area contributed by atoms with Gasteiger partial charge in [0.15, 0.2) is 0 Å². The van der Waals surface area contributed by atoms with Gasteiger partial charge in [-0.25, -0.2) is 0 Å². The van der Waals surface area contributed by atoms with Crippen molar-refractivity contribution in [3.8, 4) is 0 Å². The van der Waals surface area contributed by atoms with Crippen LogP contribution in [0.15, 0.2) is 0 Å². The van der Waals surface area contributed by atoms with Crippen LogP contribution in [0.4, 0.5) is 25.2 Å². The molecule has 0 heterocycles. The number of carbonyl (C=O) groups is 1. The van der Waals surface area contributed by atoms with Crippen LogP contribution in [0.1, 0.15) is 32.6 Å². The van der Waals surface area contributed by atoms with Crippen LogP contribution in [0, 0.1) is 0 Å². The van der Waals surface area contributed by atoms with Gasteiger partial charge in [0.1, 0.15) is 5.75 Å². The van der Waals surface area contributed by atoms with Gasteiger partial charge in [0, 0.05) is 6.42 Å². The van der Waals surface area contributed by atoms with Crippen molar-refractivity contribution in [2.45, 2.75) is 32.6 Å². The molecule has 0 fully saturated rings. The second-order valence-electron chi connectivity index (χ2n) is 3.32. The average Bonchev–Trinajstić information content (AvgIpc) is 2.08. The summed E-state index contributed by atoms with van der Waals surface area (Å²) in [6.45, 7) is 2.33. The Labute approximate surface area is 107 Å². The van der Waals surface area contributed by atoms with Gasteiger partial charge in [-0.2, -0.15) is 0 Å². The third-order valence-electron chi connectivity index (χ3n) is 1.36. The zero-order chi connectivity index (χ0) is 14.9. The number of halogens is 6. The quantitative estimate of drug-likeness (QED) is 0.237. The predicted molar refractivity (Wildman–Crippen MR) is 63.7 cm³/mol. The summed E-state index contributed by atoms with van der Waals surface area (Å²) in [6, 6.07) is 0. The molecule has 0 aromatic rings. The van der Waals surface area contributed by atoms with Crippen molar-refractivity contribution in [1.82, 2.24) is 0 Å². The van der Waals surface area contributed by atoms with Crippen LogP contribution in [-0.4, -0.2) is 18.3 Å². The van der Waals surface area contributed by atoms with Crippen LogP contribution in [0.5, 0.6) is 0 Å². The Balaban J connectivity index is 0. The average molecular weight is 322 g/mol. The third-order valence-corrected chi connectivity index (χ3v) is 1.72. The van der Waals surface area contributed by atoms with E-state index in [0.29, 0.717) is 13.0 Å². The van der Waals surface area contributed by atoms with E-state index < -0.39 is 7.81 Å². The molecule has 0 radical (unpaired) electrons. The van der Waals surface area contributed by atoms with Crippen LogP contribution in [0.3, 0.4) is 0 Å². The molecule has 18 heavy (non-hydrogen) atoms. The molecular formula is C8H17F6O2PS. The molecule has 0 aromatic carbocycles. The molecule has 0 aliphatic carbocycles. The van der Waals surface area contributed by atoms with Gasteiger partial charge in [0.25, 0.3) is 0 Å². The van der Waals surface area contributed by atoms with Gasteiger partial charge in [-0.05, 0) is 38.8 Å². The van der Waals surface area contributed by atoms with Gasteiger partial charge in [-0.3, -0.25) is 4.79 Å². The number of hydrogen-bond acceptors (Lipinski definition) is 2. The standard InChI is InChI=1S/C8H16O2S.F6P/c1-2-10-8(9)6-4-3-5-7-11;1-7(2,3,4,5)6/h11H,2-7H2,1H3;/q;-1/p+1. The van der Waals surface area contributed by atoms with E-state index in [0.717, 1.165) is 25.0 Å².